The van der Waals surface area contributed by atoms with Gasteiger partial charge in [-0.25, -0.2) is 9.50 Å². The first-order valence-corrected chi connectivity index (χ1v) is 10.4. The Bertz CT molecular complexity index is 1260. The summed E-state index contributed by atoms with van der Waals surface area (Å²) in [6, 6.07) is 6.35. The molecule has 0 radical (unpaired) electrons. The first-order chi connectivity index (χ1) is 15.5. The van der Waals surface area contributed by atoms with E-state index >= 15 is 0 Å². The number of ether oxygens (including phenoxy) is 1. The van der Waals surface area contributed by atoms with E-state index in [9.17, 15) is 13.6 Å². The number of alkyl halides is 2. The van der Waals surface area contributed by atoms with Crippen molar-refractivity contribution in [3.05, 3.63) is 54.6 Å². The molecule has 0 saturated heterocycles. The number of amides is 1. The van der Waals surface area contributed by atoms with Crippen LogP contribution in [0.5, 0.6) is 5.75 Å². The number of nitrogens with zero attached hydrogens (tertiary/aromatic N) is 5. The van der Waals surface area contributed by atoms with Crippen molar-refractivity contribution in [2.75, 3.05) is 17.7 Å². The predicted molar refractivity (Wildman–Crippen MR) is 114 cm³/mol. The van der Waals surface area contributed by atoms with Crippen molar-refractivity contribution >= 4 is 29.0 Å². The molecule has 4 aromatic rings. The number of fused-ring (bicyclic) bond motifs is 1. The molecule has 32 heavy (non-hydrogen) atoms. The summed E-state index contributed by atoms with van der Waals surface area (Å²) < 4.78 is 33.6. The van der Waals surface area contributed by atoms with Crippen molar-refractivity contribution in [1.29, 1.82) is 0 Å². The quantitative estimate of drug-likeness (QED) is 0.389. The summed E-state index contributed by atoms with van der Waals surface area (Å²) in [6.45, 7) is -3.07. The van der Waals surface area contributed by atoms with Crippen LogP contribution in [0.4, 0.5) is 14.5 Å². The van der Waals surface area contributed by atoms with Crippen LogP contribution in [0.3, 0.4) is 0 Å². The van der Waals surface area contributed by atoms with Gasteiger partial charge in [-0.15, -0.1) is 11.8 Å². The lowest BCUT2D eigenvalue weighted by Gasteiger charge is -2.12. The SMILES string of the molecule is Cn1cc(NC(=O)c2cnn3cccnc23)c(-c2cc(SCCO)ccc2OC(F)F)n1. The Morgan fingerprint density at radius 1 is 1.38 bits per heavy atom. The third-order valence-electron chi connectivity index (χ3n) is 4.38. The van der Waals surface area contributed by atoms with E-state index in [4.69, 9.17) is 5.11 Å². The summed E-state index contributed by atoms with van der Waals surface area (Å²) in [5, 5.41) is 20.3. The number of aryl methyl sites for hydroxylation is 1. The molecule has 12 heteroatoms. The molecule has 0 aliphatic rings. The van der Waals surface area contributed by atoms with Gasteiger partial charge in [0.05, 0.1) is 18.5 Å². The summed E-state index contributed by atoms with van der Waals surface area (Å²) in [5.41, 5.74) is 1.46. The number of aromatic nitrogens is 5. The monoisotopic (exact) mass is 460 g/mol. The highest BCUT2D eigenvalue weighted by atomic mass is 32.2. The summed E-state index contributed by atoms with van der Waals surface area (Å²) >= 11 is 1.35. The van der Waals surface area contributed by atoms with E-state index in [1.54, 1.807) is 43.8 Å². The molecule has 3 aromatic heterocycles. The summed E-state index contributed by atoms with van der Waals surface area (Å²) in [7, 11) is 1.65. The topological polar surface area (TPSA) is 107 Å². The van der Waals surface area contributed by atoms with Crippen molar-refractivity contribution < 1.29 is 23.4 Å². The largest absolute Gasteiger partial charge is 0.434 e. The molecule has 2 N–H and O–H groups in total. The van der Waals surface area contributed by atoms with E-state index < -0.39 is 12.5 Å². The lowest BCUT2D eigenvalue weighted by molar-refractivity contribution is -0.0494. The molecule has 0 saturated carbocycles. The fourth-order valence-corrected chi connectivity index (χ4v) is 3.79. The van der Waals surface area contributed by atoms with E-state index in [2.05, 4.69) is 25.2 Å². The van der Waals surface area contributed by atoms with Gasteiger partial charge in [0.15, 0.2) is 5.65 Å². The van der Waals surface area contributed by atoms with Crippen molar-refractivity contribution in [1.82, 2.24) is 24.4 Å². The molecule has 1 aromatic carbocycles. The average molecular weight is 460 g/mol. The Labute approximate surface area is 185 Å². The summed E-state index contributed by atoms with van der Waals surface area (Å²) in [4.78, 5) is 17.8. The van der Waals surface area contributed by atoms with Crippen molar-refractivity contribution in [2.45, 2.75) is 11.5 Å². The lowest BCUT2D eigenvalue weighted by Crippen LogP contribution is -2.12. The molecule has 0 spiro atoms. The molecule has 3 heterocycles. The number of carbonyl (C=O) groups is 1. The number of halogens is 2. The minimum Gasteiger partial charge on any atom is -0.434 e. The number of hydrogen-bond acceptors (Lipinski definition) is 7. The average Bonchev–Trinajstić information content (AvgIpc) is 3.36. The van der Waals surface area contributed by atoms with Gasteiger partial charge in [-0.2, -0.15) is 19.0 Å². The Balaban J connectivity index is 1.72. The van der Waals surface area contributed by atoms with E-state index in [0.29, 0.717) is 17.1 Å². The maximum atomic E-state index is 13.0. The van der Waals surface area contributed by atoms with Crippen LogP contribution in [0.25, 0.3) is 16.9 Å². The predicted octanol–water partition coefficient (Wildman–Crippen LogP) is 3.07. The number of hydrogen-bond donors (Lipinski definition) is 2. The van der Waals surface area contributed by atoms with Crippen molar-refractivity contribution in [3.63, 3.8) is 0 Å². The molecule has 0 atom stereocenters. The van der Waals surface area contributed by atoms with Crippen molar-refractivity contribution in [3.8, 4) is 17.0 Å². The first-order valence-electron chi connectivity index (χ1n) is 9.42. The van der Waals surface area contributed by atoms with Crippen LogP contribution in [0.1, 0.15) is 10.4 Å². The molecule has 166 valence electrons. The van der Waals surface area contributed by atoms with Gasteiger partial charge in [-0.1, -0.05) is 0 Å². The standard InChI is InChI=1S/C20H18F2N6O3S/c1-27-11-15(25-19(30)14-10-24-28-6-2-5-23-18(14)28)17(26-27)13-9-12(32-8-7-29)3-4-16(13)31-20(21)22/h2-6,9-11,20,29H,7-8H2,1H3,(H,25,30). The maximum absolute atomic E-state index is 13.0. The number of aliphatic hydroxyl groups excluding tert-OH is 1. The molecular weight excluding hydrogens is 442 g/mol. The Morgan fingerprint density at radius 3 is 3.00 bits per heavy atom. The fourth-order valence-electron chi connectivity index (χ4n) is 3.10. The van der Waals surface area contributed by atoms with Gasteiger partial charge in [0.2, 0.25) is 0 Å². The van der Waals surface area contributed by atoms with Gasteiger partial charge in [0, 0.05) is 41.8 Å². The maximum Gasteiger partial charge on any atom is 0.387 e. The van der Waals surface area contributed by atoms with E-state index in [-0.39, 0.29) is 29.2 Å². The van der Waals surface area contributed by atoms with Crippen LogP contribution in [0.2, 0.25) is 0 Å². The van der Waals surface area contributed by atoms with Gasteiger partial charge in [-0.3, -0.25) is 9.48 Å². The van der Waals surface area contributed by atoms with Gasteiger partial charge < -0.3 is 15.2 Å². The van der Waals surface area contributed by atoms with Crippen LogP contribution in [0.15, 0.2) is 53.9 Å². The number of rotatable bonds is 8. The number of anilines is 1. The second kappa shape index (κ2) is 9.32. The minimum absolute atomic E-state index is 0.0339. The van der Waals surface area contributed by atoms with E-state index in [0.717, 1.165) is 4.90 Å². The highest BCUT2D eigenvalue weighted by Crippen LogP contribution is 2.38. The molecule has 0 bridgehead atoms. The Morgan fingerprint density at radius 2 is 2.22 bits per heavy atom. The van der Waals surface area contributed by atoms with Crippen LogP contribution in [0, 0.1) is 0 Å². The third-order valence-corrected chi connectivity index (χ3v) is 5.36. The summed E-state index contributed by atoms with van der Waals surface area (Å²) in [5.74, 6) is -0.127. The first kappa shape index (κ1) is 21.7. The number of thioether (sulfide) groups is 1. The second-order valence-electron chi connectivity index (χ2n) is 6.57. The lowest BCUT2D eigenvalue weighted by atomic mass is 10.1. The van der Waals surface area contributed by atoms with Gasteiger partial charge >= 0.3 is 6.61 Å². The van der Waals surface area contributed by atoms with E-state index in [1.165, 1.54) is 33.2 Å². The van der Waals surface area contributed by atoms with Gasteiger partial charge in [0.1, 0.15) is 17.0 Å². The molecule has 9 nitrogen and oxygen atoms in total. The molecular formula is C20H18F2N6O3S. The van der Waals surface area contributed by atoms with Gasteiger partial charge in [0.25, 0.3) is 5.91 Å². The van der Waals surface area contributed by atoms with E-state index in [1.807, 2.05) is 0 Å². The summed E-state index contributed by atoms with van der Waals surface area (Å²) in [6.07, 6.45) is 6.17. The molecule has 0 aliphatic heterocycles. The van der Waals surface area contributed by atoms with Crippen LogP contribution in [-0.4, -0.2) is 54.4 Å². The zero-order valence-corrected chi connectivity index (χ0v) is 17.6. The number of nitrogens with one attached hydrogen (secondary N) is 1. The van der Waals surface area contributed by atoms with Crippen LogP contribution < -0.4 is 10.1 Å². The number of carbonyl (C=O) groups excluding carboxylic acids is 1. The number of benzene rings is 1. The Hall–Kier alpha value is -3.51. The third kappa shape index (κ3) is 4.55. The molecule has 1 amide bonds. The zero-order valence-electron chi connectivity index (χ0n) is 16.8. The normalized spacial score (nSPS) is 11.3. The highest BCUT2D eigenvalue weighted by molar-refractivity contribution is 7.99. The molecule has 0 aliphatic carbocycles. The van der Waals surface area contributed by atoms with Gasteiger partial charge in [-0.05, 0) is 24.3 Å². The molecule has 0 unspecified atom stereocenters. The zero-order chi connectivity index (χ0) is 22.7. The van der Waals surface area contributed by atoms with Crippen molar-refractivity contribution in [2.24, 2.45) is 7.05 Å². The van der Waals surface area contributed by atoms with Crippen LogP contribution in [-0.2, 0) is 7.05 Å². The molecule has 4 rings (SSSR count). The van der Waals surface area contributed by atoms with Crippen LogP contribution >= 0.6 is 11.8 Å². The second-order valence-corrected chi connectivity index (χ2v) is 7.74. The highest BCUT2D eigenvalue weighted by Gasteiger charge is 2.21. The molecule has 0 fully saturated rings. The Kier molecular flexibility index (Phi) is 6.32. The minimum atomic E-state index is -3.03. The fraction of sp³-hybridized carbons (Fsp3) is 0.200. The smallest absolute Gasteiger partial charge is 0.387 e. The number of aliphatic hydroxyl groups is 1.